The van der Waals surface area contributed by atoms with Crippen molar-refractivity contribution < 1.29 is 0 Å². The van der Waals surface area contributed by atoms with Gasteiger partial charge in [0, 0.05) is 0 Å². The Labute approximate surface area is 78.7 Å². The molecule has 0 aliphatic carbocycles. The maximum Gasteiger partial charge on any atom is -0.0404 e. The van der Waals surface area contributed by atoms with E-state index in [4.69, 9.17) is 0 Å². The fourth-order valence-electron chi connectivity index (χ4n) is 0.331. The molecular formula is C12H24. The van der Waals surface area contributed by atoms with E-state index in [9.17, 15) is 0 Å². The quantitative estimate of drug-likeness (QED) is 0.522. The second kappa shape index (κ2) is 22.5. The minimum absolute atomic E-state index is 1.09. The molecule has 0 nitrogen and oxygen atoms in total. The zero-order chi connectivity index (χ0) is 10.4. The first-order chi connectivity index (χ1) is 5.77. The van der Waals surface area contributed by atoms with Crippen LogP contribution in [0.5, 0.6) is 0 Å². The van der Waals surface area contributed by atoms with E-state index in [-0.39, 0.29) is 0 Å². The van der Waals surface area contributed by atoms with Crippen LogP contribution in [0.1, 0.15) is 41.5 Å². The number of hydrogen-bond acceptors (Lipinski definition) is 0. The summed E-state index contributed by atoms with van der Waals surface area (Å²) in [5.74, 6) is 0. The SMILES string of the molecule is C=C(C)/C=C\C=C/C.CC.CC. The molecule has 0 atom stereocenters. The topological polar surface area (TPSA) is 0 Å². The van der Waals surface area contributed by atoms with E-state index >= 15 is 0 Å². The Morgan fingerprint density at radius 1 is 1.00 bits per heavy atom. The van der Waals surface area contributed by atoms with Crippen molar-refractivity contribution in [2.45, 2.75) is 41.5 Å². The molecule has 0 aliphatic heterocycles. The molecule has 0 aromatic heterocycles. The lowest BCUT2D eigenvalue weighted by atomic mass is 10.3. The summed E-state index contributed by atoms with van der Waals surface area (Å²) in [5, 5.41) is 0. The van der Waals surface area contributed by atoms with Crippen molar-refractivity contribution in [2.75, 3.05) is 0 Å². The van der Waals surface area contributed by atoms with Crippen molar-refractivity contribution >= 4 is 0 Å². The third kappa shape index (κ3) is 35.0. The highest BCUT2D eigenvalue weighted by molar-refractivity contribution is 5.16. The van der Waals surface area contributed by atoms with Gasteiger partial charge in [0.15, 0.2) is 0 Å². The molecule has 0 aromatic rings. The second-order valence-corrected chi connectivity index (χ2v) is 1.73. The Morgan fingerprint density at radius 2 is 1.42 bits per heavy atom. The molecule has 72 valence electrons. The van der Waals surface area contributed by atoms with Gasteiger partial charge in [0.1, 0.15) is 0 Å². The van der Waals surface area contributed by atoms with E-state index in [1.165, 1.54) is 0 Å². The van der Waals surface area contributed by atoms with Crippen LogP contribution in [-0.2, 0) is 0 Å². The first-order valence-corrected chi connectivity index (χ1v) is 4.72. The van der Waals surface area contributed by atoms with Gasteiger partial charge in [-0.2, -0.15) is 0 Å². The number of hydrogen-bond donors (Lipinski definition) is 0. The second-order valence-electron chi connectivity index (χ2n) is 1.73. The number of allylic oxidation sites excluding steroid dienone is 5. The van der Waals surface area contributed by atoms with E-state index in [2.05, 4.69) is 6.58 Å². The van der Waals surface area contributed by atoms with Crippen molar-refractivity contribution in [1.29, 1.82) is 0 Å². The van der Waals surface area contributed by atoms with E-state index in [1.807, 2.05) is 65.8 Å². The normalized spacial score (nSPS) is 8.50. The average molecular weight is 168 g/mol. The monoisotopic (exact) mass is 168 g/mol. The van der Waals surface area contributed by atoms with Crippen molar-refractivity contribution in [3.05, 3.63) is 36.5 Å². The summed E-state index contributed by atoms with van der Waals surface area (Å²) in [4.78, 5) is 0. The van der Waals surface area contributed by atoms with Gasteiger partial charge >= 0.3 is 0 Å². The molecule has 0 aliphatic rings. The first kappa shape index (κ1) is 17.3. The molecule has 0 saturated heterocycles. The van der Waals surface area contributed by atoms with Gasteiger partial charge in [-0.25, -0.2) is 0 Å². The van der Waals surface area contributed by atoms with Crippen LogP contribution in [0.15, 0.2) is 36.5 Å². The number of rotatable bonds is 2. The van der Waals surface area contributed by atoms with E-state index in [0.29, 0.717) is 0 Å². The molecule has 0 spiro atoms. The summed E-state index contributed by atoms with van der Waals surface area (Å²) in [6.07, 6.45) is 7.91. The average Bonchev–Trinajstić information content (AvgIpc) is 2.12. The summed E-state index contributed by atoms with van der Waals surface area (Å²) in [7, 11) is 0. The highest BCUT2D eigenvalue weighted by Crippen LogP contribution is 1.88. The van der Waals surface area contributed by atoms with Crippen LogP contribution in [-0.4, -0.2) is 0 Å². The Balaban J connectivity index is -0.000000175. The van der Waals surface area contributed by atoms with Gasteiger partial charge in [-0.1, -0.05) is 64.2 Å². The molecule has 0 N–H and O–H groups in total. The summed E-state index contributed by atoms with van der Waals surface area (Å²) in [6, 6.07) is 0. The maximum atomic E-state index is 3.71. The summed E-state index contributed by atoms with van der Waals surface area (Å²) in [6.45, 7) is 15.7. The molecule has 0 saturated carbocycles. The third-order valence-electron chi connectivity index (χ3n) is 0.684. The zero-order valence-corrected chi connectivity index (χ0v) is 9.52. The van der Waals surface area contributed by atoms with Crippen LogP contribution in [0.25, 0.3) is 0 Å². The Kier molecular flexibility index (Phi) is 32.5. The molecule has 0 radical (unpaired) electrons. The van der Waals surface area contributed by atoms with Crippen LogP contribution in [0, 0.1) is 0 Å². The van der Waals surface area contributed by atoms with Crippen LogP contribution >= 0.6 is 0 Å². The van der Waals surface area contributed by atoms with Gasteiger partial charge in [0.05, 0.1) is 0 Å². The predicted molar refractivity (Wildman–Crippen MR) is 61.5 cm³/mol. The molecule has 0 aromatic carbocycles. The lowest BCUT2D eigenvalue weighted by Crippen LogP contribution is -1.56. The fourth-order valence-corrected chi connectivity index (χ4v) is 0.331. The van der Waals surface area contributed by atoms with Gasteiger partial charge in [0.25, 0.3) is 0 Å². The van der Waals surface area contributed by atoms with E-state index in [1.54, 1.807) is 0 Å². The summed E-state index contributed by atoms with van der Waals surface area (Å²) in [5.41, 5.74) is 1.09. The largest absolute Gasteiger partial charge is 0.0961 e. The molecule has 12 heavy (non-hydrogen) atoms. The Bertz CT molecular complexity index is 116. The molecule has 0 amide bonds. The Morgan fingerprint density at radius 3 is 1.67 bits per heavy atom. The van der Waals surface area contributed by atoms with Crippen LogP contribution in [0.2, 0.25) is 0 Å². The van der Waals surface area contributed by atoms with Crippen LogP contribution < -0.4 is 0 Å². The van der Waals surface area contributed by atoms with Gasteiger partial charge in [-0.3, -0.25) is 0 Å². The lowest BCUT2D eigenvalue weighted by Gasteiger charge is -1.78. The molecule has 0 heterocycles. The Hall–Kier alpha value is -0.780. The van der Waals surface area contributed by atoms with Crippen molar-refractivity contribution in [3.63, 3.8) is 0 Å². The molecule has 0 rings (SSSR count). The minimum atomic E-state index is 1.09. The van der Waals surface area contributed by atoms with Gasteiger partial charge in [-0.15, -0.1) is 0 Å². The lowest BCUT2D eigenvalue weighted by molar-refractivity contribution is 1.50. The van der Waals surface area contributed by atoms with Gasteiger partial charge in [0.2, 0.25) is 0 Å². The van der Waals surface area contributed by atoms with Gasteiger partial charge < -0.3 is 0 Å². The third-order valence-corrected chi connectivity index (χ3v) is 0.684. The first-order valence-electron chi connectivity index (χ1n) is 4.72. The fraction of sp³-hybridized carbons (Fsp3) is 0.500. The molecule has 0 fully saturated rings. The van der Waals surface area contributed by atoms with Crippen molar-refractivity contribution in [1.82, 2.24) is 0 Å². The molecular weight excluding hydrogens is 144 g/mol. The molecule has 0 bridgehead atoms. The maximum absolute atomic E-state index is 3.71. The predicted octanol–water partition coefficient (Wildman–Crippen LogP) is 4.75. The highest BCUT2D eigenvalue weighted by atomic mass is 13.7. The molecule has 0 heteroatoms. The van der Waals surface area contributed by atoms with Crippen LogP contribution in [0.4, 0.5) is 0 Å². The standard InChI is InChI=1S/C8H12.2C2H6/c1-4-5-6-7-8(2)3;2*1-2/h4-7H,2H2,1,3H3;2*1-2H3/b5-4-,7-6-;;. The zero-order valence-electron chi connectivity index (χ0n) is 9.52. The molecule has 0 unspecified atom stereocenters. The van der Waals surface area contributed by atoms with Crippen LogP contribution in [0.3, 0.4) is 0 Å². The minimum Gasteiger partial charge on any atom is -0.0961 e. The van der Waals surface area contributed by atoms with Gasteiger partial charge in [-0.05, 0) is 13.8 Å². The highest BCUT2D eigenvalue weighted by Gasteiger charge is 1.66. The van der Waals surface area contributed by atoms with Crippen molar-refractivity contribution in [3.8, 4) is 0 Å². The summed E-state index contributed by atoms with van der Waals surface area (Å²) < 4.78 is 0. The van der Waals surface area contributed by atoms with Crippen molar-refractivity contribution in [2.24, 2.45) is 0 Å². The smallest absolute Gasteiger partial charge is 0.0404 e. The van der Waals surface area contributed by atoms with E-state index < -0.39 is 0 Å². The van der Waals surface area contributed by atoms with E-state index in [0.717, 1.165) is 5.57 Å². The summed E-state index contributed by atoms with van der Waals surface area (Å²) >= 11 is 0.